The number of rotatable bonds is 1. The zero-order valence-corrected chi connectivity index (χ0v) is 10.9. The van der Waals surface area contributed by atoms with Crippen LogP contribution in [0.25, 0.3) is 0 Å². The topological polar surface area (TPSA) is 17.1 Å². The maximum atomic E-state index is 11.9. The van der Waals surface area contributed by atoms with Gasteiger partial charge in [-0.15, -0.1) is 0 Å². The van der Waals surface area contributed by atoms with Gasteiger partial charge in [0.05, 0.1) is 0 Å². The van der Waals surface area contributed by atoms with Crippen LogP contribution in [-0.4, -0.2) is 15.8 Å². The highest BCUT2D eigenvalue weighted by atomic mass is 32.2. The molecular formula is C13H20OS. The lowest BCUT2D eigenvalue weighted by Crippen LogP contribution is -2.57. The molecule has 0 amide bonds. The highest BCUT2D eigenvalue weighted by molar-refractivity contribution is 8.01. The van der Waals surface area contributed by atoms with E-state index in [9.17, 15) is 4.79 Å². The molecular weight excluding hydrogens is 204 g/mol. The molecule has 0 radical (unpaired) electrons. The number of Topliss-reactive ketones (excluding diaryl/α,β-unsaturated/α-hetero) is 1. The Morgan fingerprint density at radius 2 is 2.07 bits per heavy atom. The monoisotopic (exact) mass is 224 g/mol. The van der Waals surface area contributed by atoms with E-state index in [-0.39, 0.29) is 10.2 Å². The molecule has 0 aromatic carbocycles. The van der Waals surface area contributed by atoms with Crippen LogP contribution in [0.3, 0.4) is 0 Å². The third-order valence-corrected chi connectivity index (χ3v) is 5.96. The van der Waals surface area contributed by atoms with Gasteiger partial charge in [-0.2, -0.15) is 11.8 Å². The molecule has 1 nitrogen and oxygen atoms in total. The predicted molar refractivity (Wildman–Crippen MR) is 66.1 cm³/mol. The van der Waals surface area contributed by atoms with E-state index in [1.54, 1.807) is 0 Å². The Morgan fingerprint density at radius 3 is 2.60 bits per heavy atom. The summed E-state index contributed by atoms with van der Waals surface area (Å²) >= 11 is 2.00. The second-order valence-corrected chi connectivity index (χ2v) is 7.80. The average molecular weight is 224 g/mol. The highest BCUT2D eigenvalue weighted by Gasteiger charge is 2.58. The number of fused-ring (bicyclic) bond motifs is 1. The van der Waals surface area contributed by atoms with Gasteiger partial charge in [-0.1, -0.05) is 32.9 Å². The largest absolute Gasteiger partial charge is 0.299 e. The van der Waals surface area contributed by atoms with Crippen LogP contribution in [0, 0.1) is 11.3 Å². The molecule has 1 aliphatic carbocycles. The number of carbonyl (C=O) groups is 1. The summed E-state index contributed by atoms with van der Waals surface area (Å²) in [5, 5.41) is 0.478. The van der Waals surface area contributed by atoms with Crippen LogP contribution >= 0.6 is 11.8 Å². The summed E-state index contributed by atoms with van der Waals surface area (Å²) in [6, 6.07) is 0. The molecule has 2 rings (SSSR count). The standard InChI is InChI=1S/C13H20OS/c1-8(2)13(5)6-9-10(14)7-12(3,4)15-11(9)13/h9,11H,1,6-7H2,2-5H3. The summed E-state index contributed by atoms with van der Waals surface area (Å²) in [6.45, 7) is 12.8. The number of hydrogen-bond donors (Lipinski definition) is 0. The van der Waals surface area contributed by atoms with E-state index < -0.39 is 0 Å². The van der Waals surface area contributed by atoms with Gasteiger partial charge >= 0.3 is 0 Å². The van der Waals surface area contributed by atoms with Gasteiger partial charge in [-0.05, 0) is 13.3 Å². The van der Waals surface area contributed by atoms with Gasteiger partial charge in [0.25, 0.3) is 0 Å². The van der Waals surface area contributed by atoms with Crippen molar-refractivity contribution in [3.05, 3.63) is 12.2 Å². The second kappa shape index (κ2) is 3.13. The van der Waals surface area contributed by atoms with Crippen molar-refractivity contribution in [1.29, 1.82) is 0 Å². The molecule has 2 aliphatic rings. The molecule has 1 saturated heterocycles. The van der Waals surface area contributed by atoms with E-state index in [1.807, 2.05) is 11.8 Å². The van der Waals surface area contributed by atoms with Crippen molar-refractivity contribution >= 4 is 17.5 Å². The van der Waals surface area contributed by atoms with Gasteiger partial charge in [0, 0.05) is 27.8 Å². The van der Waals surface area contributed by atoms with Crippen LogP contribution in [0.5, 0.6) is 0 Å². The Bertz CT molecular complexity index is 331. The Hall–Kier alpha value is -0.240. The quantitative estimate of drug-likeness (QED) is 0.635. The van der Waals surface area contributed by atoms with E-state index >= 15 is 0 Å². The molecule has 1 heterocycles. The molecule has 2 fully saturated rings. The van der Waals surface area contributed by atoms with Gasteiger partial charge in [-0.3, -0.25) is 4.79 Å². The van der Waals surface area contributed by atoms with Crippen molar-refractivity contribution < 1.29 is 4.79 Å². The van der Waals surface area contributed by atoms with Crippen LogP contribution in [0.15, 0.2) is 12.2 Å². The fraction of sp³-hybridized carbons (Fsp3) is 0.769. The lowest BCUT2D eigenvalue weighted by atomic mass is 9.57. The summed E-state index contributed by atoms with van der Waals surface area (Å²) < 4.78 is 0.120. The molecule has 0 N–H and O–H groups in total. The van der Waals surface area contributed by atoms with Gasteiger partial charge in [-0.25, -0.2) is 0 Å². The van der Waals surface area contributed by atoms with Crippen LogP contribution < -0.4 is 0 Å². The normalized spacial score (nSPS) is 43.1. The first-order chi connectivity index (χ1) is 6.76. The first kappa shape index (κ1) is 11.3. The molecule has 84 valence electrons. The molecule has 0 spiro atoms. The fourth-order valence-corrected chi connectivity index (χ4v) is 4.69. The minimum absolute atomic E-state index is 0.120. The first-order valence-corrected chi connectivity index (χ1v) is 6.51. The van der Waals surface area contributed by atoms with E-state index in [0.717, 1.165) is 12.8 Å². The average Bonchev–Trinajstić information content (AvgIpc) is 2.07. The third-order valence-electron chi connectivity index (χ3n) is 4.07. The van der Waals surface area contributed by atoms with Crippen molar-refractivity contribution in [2.24, 2.45) is 11.3 Å². The zero-order chi connectivity index (χ0) is 11.4. The van der Waals surface area contributed by atoms with E-state index in [4.69, 9.17) is 0 Å². The summed E-state index contributed by atoms with van der Waals surface area (Å²) in [6.07, 6.45) is 1.76. The molecule has 0 aromatic rings. The van der Waals surface area contributed by atoms with Crippen LogP contribution in [0.4, 0.5) is 0 Å². The molecule has 1 aliphatic heterocycles. The molecule has 1 saturated carbocycles. The number of allylic oxidation sites excluding steroid dienone is 1. The number of ketones is 1. The lowest BCUT2D eigenvalue weighted by Gasteiger charge is -2.58. The van der Waals surface area contributed by atoms with Crippen LogP contribution in [-0.2, 0) is 4.79 Å². The Balaban J connectivity index is 2.23. The van der Waals surface area contributed by atoms with Crippen molar-refractivity contribution in [1.82, 2.24) is 0 Å². The molecule has 3 atom stereocenters. The van der Waals surface area contributed by atoms with E-state index in [0.29, 0.717) is 17.0 Å². The third kappa shape index (κ3) is 1.57. The number of carbonyl (C=O) groups excluding carboxylic acids is 1. The lowest BCUT2D eigenvalue weighted by molar-refractivity contribution is -0.129. The minimum Gasteiger partial charge on any atom is -0.299 e. The highest BCUT2D eigenvalue weighted by Crippen LogP contribution is 2.62. The summed E-state index contributed by atoms with van der Waals surface area (Å²) in [7, 11) is 0. The van der Waals surface area contributed by atoms with Crippen molar-refractivity contribution in [3.8, 4) is 0 Å². The summed E-state index contributed by atoms with van der Waals surface area (Å²) in [4.78, 5) is 11.9. The molecule has 15 heavy (non-hydrogen) atoms. The van der Waals surface area contributed by atoms with Gasteiger partial charge in [0.1, 0.15) is 5.78 Å². The molecule has 2 heteroatoms. The van der Waals surface area contributed by atoms with E-state index in [1.165, 1.54) is 5.57 Å². The van der Waals surface area contributed by atoms with Crippen molar-refractivity contribution in [3.63, 3.8) is 0 Å². The minimum atomic E-state index is 0.120. The molecule has 0 bridgehead atoms. The summed E-state index contributed by atoms with van der Waals surface area (Å²) in [5.41, 5.74) is 1.43. The first-order valence-electron chi connectivity index (χ1n) is 5.63. The number of thioether (sulfide) groups is 1. The zero-order valence-electron chi connectivity index (χ0n) is 10.1. The van der Waals surface area contributed by atoms with Gasteiger partial charge in [0.2, 0.25) is 0 Å². The predicted octanol–water partition coefficient (Wildman–Crippen LogP) is 3.44. The van der Waals surface area contributed by atoms with Crippen LogP contribution in [0.2, 0.25) is 0 Å². The van der Waals surface area contributed by atoms with E-state index in [2.05, 4.69) is 34.3 Å². The fourth-order valence-electron chi connectivity index (χ4n) is 2.81. The Kier molecular flexibility index (Phi) is 2.35. The maximum Gasteiger partial charge on any atom is 0.138 e. The summed E-state index contributed by atoms with van der Waals surface area (Å²) in [5.74, 6) is 0.784. The van der Waals surface area contributed by atoms with Crippen molar-refractivity contribution in [2.45, 2.75) is 50.5 Å². The molecule has 0 aromatic heterocycles. The van der Waals surface area contributed by atoms with Crippen molar-refractivity contribution in [2.75, 3.05) is 0 Å². The molecule has 3 unspecified atom stereocenters. The van der Waals surface area contributed by atoms with Gasteiger partial charge < -0.3 is 0 Å². The Morgan fingerprint density at radius 1 is 1.47 bits per heavy atom. The van der Waals surface area contributed by atoms with Gasteiger partial charge in [0.15, 0.2) is 0 Å². The maximum absolute atomic E-state index is 11.9. The Labute approximate surface area is 96.7 Å². The smallest absolute Gasteiger partial charge is 0.138 e. The SMILES string of the molecule is C=C(C)C1(C)CC2C(=O)CC(C)(C)SC21. The van der Waals surface area contributed by atoms with Crippen LogP contribution in [0.1, 0.15) is 40.5 Å². The second-order valence-electron chi connectivity index (χ2n) is 5.95. The number of hydrogen-bond acceptors (Lipinski definition) is 2.